The lowest BCUT2D eigenvalue weighted by atomic mass is 10.1. The number of carboxylic acid groups (broad SMARTS) is 1. The SMILES string of the molecule is CN1CCN([C@@H](CC(=O)Nc2ccccc2C#N)C(=O)O)CC1. The number of benzene rings is 1. The summed E-state index contributed by atoms with van der Waals surface area (Å²) in [5, 5.41) is 21.1. The predicted molar refractivity (Wildman–Crippen MR) is 84.9 cm³/mol. The summed E-state index contributed by atoms with van der Waals surface area (Å²) in [6.45, 7) is 2.80. The molecule has 0 aromatic heterocycles. The van der Waals surface area contributed by atoms with E-state index in [0.29, 0.717) is 24.3 Å². The number of piperazine rings is 1. The Balaban J connectivity index is 2.01. The molecule has 1 aliphatic heterocycles. The number of carbonyl (C=O) groups excluding carboxylic acids is 1. The molecule has 2 rings (SSSR count). The van der Waals surface area contributed by atoms with Gasteiger partial charge in [-0.2, -0.15) is 5.26 Å². The standard InChI is InChI=1S/C16H20N4O3/c1-19-6-8-20(9-7-19)14(16(22)23)10-15(21)18-13-5-3-2-4-12(13)11-17/h2-5,14H,6-10H2,1H3,(H,18,21)(H,22,23)/t14-/m0/s1. The van der Waals surface area contributed by atoms with Crippen molar-refractivity contribution in [2.75, 3.05) is 38.5 Å². The minimum Gasteiger partial charge on any atom is -0.480 e. The van der Waals surface area contributed by atoms with E-state index in [0.717, 1.165) is 13.1 Å². The highest BCUT2D eigenvalue weighted by Crippen LogP contribution is 2.15. The van der Waals surface area contributed by atoms with Gasteiger partial charge in [0.25, 0.3) is 0 Å². The zero-order valence-corrected chi connectivity index (χ0v) is 13.0. The van der Waals surface area contributed by atoms with Crippen LogP contribution >= 0.6 is 0 Å². The predicted octanol–water partition coefficient (Wildman–Crippen LogP) is 0.587. The van der Waals surface area contributed by atoms with Crippen molar-refractivity contribution in [3.05, 3.63) is 29.8 Å². The molecule has 0 spiro atoms. The van der Waals surface area contributed by atoms with Gasteiger partial charge in [0.2, 0.25) is 5.91 Å². The molecule has 0 aliphatic carbocycles. The van der Waals surface area contributed by atoms with Crippen LogP contribution in [0.3, 0.4) is 0 Å². The number of nitrogens with zero attached hydrogens (tertiary/aromatic N) is 3. The first-order valence-corrected chi connectivity index (χ1v) is 7.45. The Morgan fingerprint density at radius 2 is 1.96 bits per heavy atom. The highest BCUT2D eigenvalue weighted by atomic mass is 16.4. The van der Waals surface area contributed by atoms with Gasteiger partial charge in [-0.05, 0) is 19.2 Å². The number of rotatable bonds is 5. The number of anilines is 1. The fraction of sp³-hybridized carbons (Fsp3) is 0.438. The fourth-order valence-electron chi connectivity index (χ4n) is 2.57. The lowest BCUT2D eigenvalue weighted by molar-refractivity contribution is -0.145. The summed E-state index contributed by atoms with van der Waals surface area (Å²) < 4.78 is 0. The van der Waals surface area contributed by atoms with E-state index in [1.165, 1.54) is 0 Å². The number of nitrogens with one attached hydrogen (secondary N) is 1. The number of aliphatic carboxylic acids is 1. The highest BCUT2D eigenvalue weighted by molar-refractivity contribution is 5.95. The zero-order chi connectivity index (χ0) is 16.8. The van der Waals surface area contributed by atoms with Crippen LogP contribution in [0, 0.1) is 11.3 Å². The van der Waals surface area contributed by atoms with Gasteiger partial charge in [0, 0.05) is 26.2 Å². The Morgan fingerprint density at radius 3 is 2.57 bits per heavy atom. The van der Waals surface area contributed by atoms with E-state index >= 15 is 0 Å². The van der Waals surface area contributed by atoms with E-state index in [1.54, 1.807) is 24.3 Å². The second-order valence-corrected chi connectivity index (χ2v) is 5.60. The molecule has 0 saturated carbocycles. The molecule has 0 radical (unpaired) electrons. The van der Waals surface area contributed by atoms with Crippen LogP contribution < -0.4 is 5.32 Å². The largest absolute Gasteiger partial charge is 0.480 e. The van der Waals surface area contributed by atoms with Crippen LogP contribution in [-0.4, -0.2) is 66.1 Å². The highest BCUT2D eigenvalue weighted by Gasteiger charge is 2.30. The van der Waals surface area contributed by atoms with E-state index in [9.17, 15) is 14.7 Å². The maximum absolute atomic E-state index is 12.2. The Bertz CT molecular complexity index is 618. The van der Waals surface area contributed by atoms with Gasteiger partial charge in [-0.25, -0.2) is 0 Å². The molecule has 1 aromatic carbocycles. The number of carboxylic acids is 1. The number of hydrogen-bond donors (Lipinski definition) is 2. The van der Waals surface area contributed by atoms with E-state index in [-0.39, 0.29) is 6.42 Å². The molecule has 122 valence electrons. The first-order valence-electron chi connectivity index (χ1n) is 7.45. The lowest BCUT2D eigenvalue weighted by Gasteiger charge is -2.35. The van der Waals surface area contributed by atoms with Crippen molar-refractivity contribution in [1.82, 2.24) is 9.80 Å². The average Bonchev–Trinajstić information content (AvgIpc) is 2.54. The van der Waals surface area contributed by atoms with Crippen LogP contribution in [0.2, 0.25) is 0 Å². The molecule has 0 unspecified atom stereocenters. The van der Waals surface area contributed by atoms with Crippen molar-refractivity contribution in [3.63, 3.8) is 0 Å². The Morgan fingerprint density at radius 1 is 1.30 bits per heavy atom. The average molecular weight is 316 g/mol. The number of amides is 1. The summed E-state index contributed by atoms with van der Waals surface area (Å²) in [7, 11) is 1.98. The van der Waals surface area contributed by atoms with Gasteiger partial charge in [0.15, 0.2) is 0 Å². The molecule has 23 heavy (non-hydrogen) atoms. The Hall–Kier alpha value is -2.43. The number of para-hydroxylation sites is 1. The second-order valence-electron chi connectivity index (χ2n) is 5.60. The van der Waals surface area contributed by atoms with Crippen molar-refractivity contribution < 1.29 is 14.7 Å². The van der Waals surface area contributed by atoms with Crippen molar-refractivity contribution in [2.24, 2.45) is 0 Å². The Labute approximate surface area is 135 Å². The van der Waals surface area contributed by atoms with Crippen LogP contribution in [-0.2, 0) is 9.59 Å². The molecule has 1 aromatic rings. The third kappa shape index (κ3) is 4.52. The van der Waals surface area contributed by atoms with Gasteiger partial charge in [-0.15, -0.1) is 0 Å². The number of nitriles is 1. The lowest BCUT2D eigenvalue weighted by Crippen LogP contribution is -2.52. The van der Waals surface area contributed by atoms with E-state index in [4.69, 9.17) is 5.26 Å². The molecule has 7 heteroatoms. The van der Waals surface area contributed by atoms with Gasteiger partial charge in [-0.3, -0.25) is 14.5 Å². The zero-order valence-electron chi connectivity index (χ0n) is 13.0. The van der Waals surface area contributed by atoms with Gasteiger partial charge in [-0.1, -0.05) is 12.1 Å². The molecular formula is C16H20N4O3. The third-order valence-electron chi connectivity index (χ3n) is 3.96. The van der Waals surface area contributed by atoms with Gasteiger partial charge in [0.1, 0.15) is 12.1 Å². The quantitative estimate of drug-likeness (QED) is 0.825. The number of hydrogen-bond acceptors (Lipinski definition) is 5. The van der Waals surface area contributed by atoms with E-state index in [1.807, 2.05) is 18.0 Å². The number of likely N-dealkylation sites (N-methyl/N-ethyl adjacent to an activating group) is 1. The topological polar surface area (TPSA) is 96.7 Å². The van der Waals surface area contributed by atoms with E-state index in [2.05, 4.69) is 10.2 Å². The molecule has 1 aliphatic rings. The summed E-state index contributed by atoms with van der Waals surface area (Å²) in [6, 6.07) is 7.80. The van der Waals surface area contributed by atoms with Crippen LogP contribution in [0.4, 0.5) is 5.69 Å². The molecule has 1 saturated heterocycles. The van der Waals surface area contributed by atoms with Crippen LogP contribution in [0.25, 0.3) is 0 Å². The molecule has 0 bridgehead atoms. The second kappa shape index (κ2) is 7.72. The monoisotopic (exact) mass is 316 g/mol. The molecule has 1 heterocycles. The van der Waals surface area contributed by atoms with Crippen LogP contribution in [0.1, 0.15) is 12.0 Å². The molecule has 1 amide bonds. The summed E-state index contributed by atoms with van der Waals surface area (Å²) in [4.78, 5) is 27.6. The van der Waals surface area contributed by atoms with Crippen molar-refractivity contribution in [3.8, 4) is 6.07 Å². The van der Waals surface area contributed by atoms with Gasteiger partial charge >= 0.3 is 5.97 Å². The molecule has 7 nitrogen and oxygen atoms in total. The summed E-state index contributed by atoms with van der Waals surface area (Å²) in [6.07, 6.45) is -0.140. The van der Waals surface area contributed by atoms with Crippen molar-refractivity contribution in [2.45, 2.75) is 12.5 Å². The molecule has 1 fully saturated rings. The summed E-state index contributed by atoms with van der Waals surface area (Å²) >= 11 is 0. The molecule has 2 N–H and O–H groups in total. The fourth-order valence-corrected chi connectivity index (χ4v) is 2.57. The maximum atomic E-state index is 12.2. The van der Waals surface area contributed by atoms with Crippen LogP contribution in [0.5, 0.6) is 0 Å². The summed E-state index contributed by atoms with van der Waals surface area (Å²) in [5.41, 5.74) is 0.759. The summed E-state index contributed by atoms with van der Waals surface area (Å²) in [5.74, 6) is -1.41. The molecule has 1 atom stereocenters. The minimum atomic E-state index is -1.00. The Kier molecular flexibility index (Phi) is 5.68. The van der Waals surface area contributed by atoms with Gasteiger partial charge < -0.3 is 15.3 Å². The van der Waals surface area contributed by atoms with Crippen molar-refractivity contribution >= 4 is 17.6 Å². The molecular weight excluding hydrogens is 296 g/mol. The first-order chi connectivity index (χ1) is 11.0. The van der Waals surface area contributed by atoms with Crippen molar-refractivity contribution in [1.29, 1.82) is 5.26 Å². The number of carbonyl (C=O) groups is 2. The maximum Gasteiger partial charge on any atom is 0.321 e. The minimum absolute atomic E-state index is 0.140. The smallest absolute Gasteiger partial charge is 0.321 e. The van der Waals surface area contributed by atoms with Crippen LogP contribution in [0.15, 0.2) is 24.3 Å². The van der Waals surface area contributed by atoms with E-state index < -0.39 is 17.9 Å². The third-order valence-corrected chi connectivity index (χ3v) is 3.96. The normalized spacial score (nSPS) is 17.2. The van der Waals surface area contributed by atoms with Gasteiger partial charge in [0.05, 0.1) is 17.7 Å². The first kappa shape index (κ1) is 16.9.